The Labute approximate surface area is 189 Å². The van der Waals surface area contributed by atoms with Gasteiger partial charge in [0.25, 0.3) is 0 Å². The number of aliphatic hydroxyl groups excluding tert-OH is 1. The Morgan fingerprint density at radius 2 is 1.79 bits per heavy atom. The Balaban J connectivity index is 1.53. The fourth-order valence-corrected chi connectivity index (χ4v) is 3.80. The van der Waals surface area contributed by atoms with E-state index in [4.69, 9.17) is 9.40 Å². The minimum absolute atomic E-state index is 0.323. The molecule has 5 aromatic rings. The van der Waals surface area contributed by atoms with Crippen molar-refractivity contribution in [3.63, 3.8) is 0 Å². The summed E-state index contributed by atoms with van der Waals surface area (Å²) in [5, 5.41) is 14.2. The third-order valence-corrected chi connectivity index (χ3v) is 5.51. The molecule has 8 heteroatoms. The first-order chi connectivity index (χ1) is 15.9. The van der Waals surface area contributed by atoms with Gasteiger partial charge in [0.1, 0.15) is 29.6 Å². The minimum Gasteiger partial charge on any atom is -0.432 e. The SMILES string of the molecule is CC(C)(Nc1nccc(-c2c(-c3ccc(F)cc3)nc3occn23)n1)C(O)c1ccccc1. The lowest BCUT2D eigenvalue weighted by atomic mass is 9.91. The van der Waals surface area contributed by atoms with Gasteiger partial charge >= 0.3 is 5.84 Å². The minimum atomic E-state index is -0.781. The van der Waals surface area contributed by atoms with Crippen LogP contribution in [0.5, 0.6) is 0 Å². The van der Waals surface area contributed by atoms with Crippen LogP contribution in [0.15, 0.2) is 83.7 Å². The fraction of sp³-hybridized carbons (Fsp3) is 0.160. The number of anilines is 1. The summed E-state index contributed by atoms with van der Waals surface area (Å²) in [5.74, 6) is 0.434. The van der Waals surface area contributed by atoms with Gasteiger partial charge in [-0.3, -0.25) is 4.40 Å². The first-order valence-electron chi connectivity index (χ1n) is 10.5. The number of rotatable bonds is 6. The molecular weight excluding hydrogens is 421 g/mol. The van der Waals surface area contributed by atoms with Gasteiger partial charge in [-0.15, -0.1) is 0 Å². The highest BCUT2D eigenvalue weighted by Gasteiger charge is 2.30. The molecule has 0 aliphatic carbocycles. The van der Waals surface area contributed by atoms with E-state index in [0.29, 0.717) is 28.9 Å². The number of fused-ring (bicyclic) bond motifs is 1. The van der Waals surface area contributed by atoms with Crippen molar-refractivity contribution in [3.05, 3.63) is 90.7 Å². The van der Waals surface area contributed by atoms with Crippen molar-refractivity contribution in [1.82, 2.24) is 19.4 Å². The van der Waals surface area contributed by atoms with Crippen LogP contribution in [0.1, 0.15) is 25.5 Å². The quantitative estimate of drug-likeness (QED) is 0.379. The Bertz CT molecular complexity index is 1390. The maximum Gasteiger partial charge on any atom is 0.306 e. The van der Waals surface area contributed by atoms with Crippen molar-refractivity contribution in [1.29, 1.82) is 0 Å². The van der Waals surface area contributed by atoms with Crippen molar-refractivity contribution in [2.45, 2.75) is 25.5 Å². The summed E-state index contributed by atoms with van der Waals surface area (Å²) in [6.07, 6.45) is 4.16. The van der Waals surface area contributed by atoms with Crippen molar-refractivity contribution in [3.8, 4) is 22.6 Å². The molecule has 0 saturated heterocycles. The first kappa shape index (κ1) is 20.8. The summed E-state index contributed by atoms with van der Waals surface area (Å²) in [6, 6.07) is 17.3. The lowest BCUT2D eigenvalue weighted by Gasteiger charge is -2.32. The van der Waals surface area contributed by atoms with Crippen molar-refractivity contribution < 1.29 is 13.9 Å². The molecule has 5 rings (SSSR count). The average molecular weight is 443 g/mol. The number of benzene rings is 2. The molecule has 33 heavy (non-hydrogen) atoms. The summed E-state index contributed by atoms with van der Waals surface area (Å²) in [6.45, 7) is 3.77. The first-order valence-corrected chi connectivity index (χ1v) is 10.5. The van der Waals surface area contributed by atoms with E-state index >= 15 is 0 Å². The summed E-state index contributed by atoms with van der Waals surface area (Å²) in [7, 11) is 0. The number of oxazole rings is 1. The summed E-state index contributed by atoms with van der Waals surface area (Å²) >= 11 is 0. The van der Waals surface area contributed by atoms with Gasteiger partial charge in [-0.05, 0) is 49.7 Å². The lowest BCUT2D eigenvalue weighted by molar-refractivity contribution is 0.115. The van der Waals surface area contributed by atoms with Gasteiger partial charge in [-0.1, -0.05) is 30.3 Å². The zero-order chi connectivity index (χ0) is 23.0. The van der Waals surface area contributed by atoms with Crippen molar-refractivity contribution >= 4 is 11.8 Å². The molecule has 2 aromatic carbocycles. The summed E-state index contributed by atoms with van der Waals surface area (Å²) in [4.78, 5) is 13.6. The predicted octanol–water partition coefficient (Wildman–Crippen LogP) is 5.11. The molecule has 2 N–H and O–H groups in total. The zero-order valence-electron chi connectivity index (χ0n) is 18.1. The second-order valence-electron chi connectivity index (χ2n) is 8.30. The highest BCUT2D eigenvalue weighted by molar-refractivity contribution is 5.79. The van der Waals surface area contributed by atoms with Crippen LogP contribution >= 0.6 is 0 Å². The number of halogens is 1. The second kappa shape index (κ2) is 8.14. The van der Waals surface area contributed by atoms with E-state index in [1.54, 1.807) is 41.3 Å². The van der Waals surface area contributed by atoms with E-state index in [2.05, 4.69) is 15.3 Å². The van der Waals surface area contributed by atoms with E-state index in [0.717, 1.165) is 11.1 Å². The molecule has 0 radical (unpaired) electrons. The van der Waals surface area contributed by atoms with Gasteiger partial charge in [0, 0.05) is 18.0 Å². The molecule has 166 valence electrons. The second-order valence-corrected chi connectivity index (χ2v) is 8.30. The van der Waals surface area contributed by atoms with Crippen molar-refractivity contribution in [2.24, 2.45) is 0 Å². The molecule has 7 nitrogen and oxygen atoms in total. The highest BCUT2D eigenvalue weighted by atomic mass is 19.1. The van der Waals surface area contributed by atoms with Gasteiger partial charge < -0.3 is 14.8 Å². The maximum absolute atomic E-state index is 13.5. The number of nitrogens with one attached hydrogen (secondary N) is 1. The van der Waals surface area contributed by atoms with Crippen LogP contribution < -0.4 is 5.32 Å². The molecule has 0 bridgehead atoms. The van der Waals surface area contributed by atoms with Crippen LogP contribution in [0, 0.1) is 5.82 Å². The van der Waals surface area contributed by atoms with Crippen molar-refractivity contribution in [2.75, 3.05) is 5.32 Å². The van der Waals surface area contributed by atoms with Crippen LogP contribution in [0.4, 0.5) is 10.3 Å². The largest absolute Gasteiger partial charge is 0.432 e. The molecular formula is C25H22FN5O2. The van der Waals surface area contributed by atoms with Gasteiger partial charge in [0.15, 0.2) is 0 Å². The predicted molar refractivity (Wildman–Crippen MR) is 123 cm³/mol. The third-order valence-electron chi connectivity index (χ3n) is 5.51. The molecule has 0 saturated carbocycles. The number of imidazole rings is 1. The molecule has 3 heterocycles. The topological polar surface area (TPSA) is 88.5 Å². The molecule has 0 fully saturated rings. The van der Waals surface area contributed by atoms with E-state index in [-0.39, 0.29) is 5.82 Å². The van der Waals surface area contributed by atoms with Gasteiger partial charge in [0.2, 0.25) is 5.95 Å². The fourth-order valence-electron chi connectivity index (χ4n) is 3.80. The molecule has 0 aliphatic rings. The van der Waals surface area contributed by atoms with Crippen LogP contribution in [0.25, 0.3) is 28.5 Å². The molecule has 0 aliphatic heterocycles. The third kappa shape index (κ3) is 3.96. The standard InChI is InChI=1S/C25H22FN5O2/c1-25(2,22(32)17-6-4-3-5-7-17)30-23-27-13-12-19(28-23)21-20(16-8-10-18(26)11-9-16)29-24-31(21)14-15-33-24/h3-15,22,32H,1-2H3,(H,27,28,30). The monoisotopic (exact) mass is 443 g/mol. The van der Waals surface area contributed by atoms with E-state index in [1.807, 2.05) is 44.2 Å². The van der Waals surface area contributed by atoms with E-state index in [9.17, 15) is 9.50 Å². The Morgan fingerprint density at radius 1 is 1.03 bits per heavy atom. The van der Waals surface area contributed by atoms with Gasteiger partial charge in [-0.25, -0.2) is 14.4 Å². The number of aromatic nitrogens is 4. The maximum atomic E-state index is 13.5. The van der Waals surface area contributed by atoms with Gasteiger partial charge in [0.05, 0.1) is 11.2 Å². The van der Waals surface area contributed by atoms with E-state index in [1.165, 1.54) is 12.1 Å². The number of aliphatic hydroxyl groups is 1. The van der Waals surface area contributed by atoms with Crippen LogP contribution in [0.2, 0.25) is 0 Å². The smallest absolute Gasteiger partial charge is 0.306 e. The molecule has 1 unspecified atom stereocenters. The Kier molecular flexibility index (Phi) is 5.14. The Hall–Kier alpha value is -4.04. The zero-order valence-corrected chi connectivity index (χ0v) is 18.1. The average Bonchev–Trinajstić information content (AvgIpc) is 3.41. The molecule has 1 atom stereocenters. The van der Waals surface area contributed by atoms with Crippen LogP contribution in [-0.4, -0.2) is 30.0 Å². The lowest BCUT2D eigenvalue weighted by Crippen LogP contribution is -2.38. The normalized spacial score (nSPS) is 12.7. The molecule has 3 aromatic heterocycles. The Morgan fingerprint density at radius 3 is 2.55 bits per heavy atom. The number of hydrogen-bond acceptors (Lipinski definition) is 6. The van der Waals surface area contributed by atoms with Crippen LogP contribution in [0.3, 0.4) is 0 Å². The number of hydrogen-bond donors (Lipinski definition) is 2. The molecule has 0 amide bonds. The highest BCUT2D eigenvalue weighted by Crippen LogP contribution is 2.33. The summed E-state index contributed by atoms with van der Waals surface area (Å²) in [5.41, 5.74) is 2.69. The van der Waals surface area contributed by atoms with Gasteiger partial charge in [-0.2, -0.15) is 4.98 Å². The van der Waals surface area contributed by atoms with E-state index < -0.39 is 11.6 Å². The molecule has 0 spiro atoms. The van der Waals surface area contributed by atoms with Crippen LogP contribution in [-0.2, 0) is 0 Å². The number of nitrogens with zero attached hydrogens (tertiary/aromatic N) is 4. The summed E-state index contributed by atoms with van der Waals surface area (Å²) < 4.78 is 20.7.